The van der Waals surface area contributed by atoms with Crippen molar-refractivity contribution in [2.45, 2.75) is 213 Å². The first kappa shape index (κ1) is 87.7. The molecule has 0 fully saturated rings. The number of methoxy groups -OCH3 is 2. The molecule has 11 aromatic rings. The zero-order valence-electron chi connectivity index (χ0n) is 66.7. The molecule has 15 rings (SSSR count). The van der Waals surface area contributed by atoms with Gasteiger partial charge in [0.15, 0.2) is 0 Å². The lowest BCUT2D eigenvalue weighted by Crippen LogP contribution is -2.15. The van der Waals surface area contributed by atoms with Crippen LogP contribution >= 0.6 is 80.6 Å². The van der Waals surface area contributed by atoms with Crippen molar-refractivity contribution in [1.82, 2.24) is 8.75 Å². The average Bonchev–Trinajstić information content (AvgIpc) is 1.58. The van der Waals surface area contributed by atoms with E-state index >= 15 is 0 Å². The van der Waals surface area contributed by atoms with Crippen LogP contribution in [0.15, 0.2) is 131 Å². The molecule has 1 atom stereocenters. The predicted octanol–water partition coefficient (Wildman–Crippen LogP) is 29.2. The van der Waals surface area contributed by atoms with Gasteiger partial charge in [-0.2, -0.15) is 8.75 Å². The van der Waals surface area contributed by atoms with Gasteiger partial charge in [-0.05, 0) is 250 Å². The van der Waals surface area contributed by atoms with E-state index < -0.39 is 0 Å². The summed E-state index contributed by atoms with van der Waals surface area (Å²) in [6, 6.07) is 40.0. The first-order valence-electron chi connectivity index (χ1n) is 37.1. The van der Waals surface area contributed by atoms with Crippen LogP contribution in [-0.2, 0) is 28.4 Å². The van der Waals surface area contributed by atoms with Gasteiger partial charge in [-0.3, -0.25) is 0 Å². The van der Waals surface area contributed by atoms with E-state index in [0.29, 0.717) is 19.1 Å². The van der Waals surface area contributed by atoms with Crippen molar-refractivity contribution in [3.8, 4) is 50.6 Å². The van der Waals surface area contributed by atoms with Gasteiger partial charge in [0.25, 0.3) is 0 Å². The van der Waals surface area contributed by atoms with Gasteiger partial charge in [0.2, 0.25) is 0 Å². The van der Waals surface area contributed by atoms with Crippen LogP contribution in [0.5, 0.6) is 17.2 Å². The molecule has 0 radical (unpaired) electrons. The molecule has 0 bridgehead atoms. The summed E-state index contributed by atoms with van der Waals surface area (Å²) in [5.41, 5.74) is 28.0. The fourth-order valence-electron chi connectivity index (χ4n) is 14.2. The van der Waals surface area contributed by atoms with Gasteiger partial charge in [-0.1, -0.05) is 177 Å². The zero-order chi connectivity index (χ0) is 76.0. The summed E-state index contributed by atoms with van der Waals surface area (Å²) >= 11 is 12.9. The summed E-state index contributed by atoms with van der Waals surface area (Å²) in [5, 5.41) is 0. The molecular formula is C94H120N2O4S7. The number of hydrogen-bond donors (Lipinski definition) is 0. The monoisotopic (exact) mass is 1560 g/mol. The highest BCUT2D eigenvalue weighted by Crippen LogP contribution is 2.52. The van der Waals surface area contributed by atoms with Crippen molar-refractivity contribution in [1.29, 1.82) is 0 Å². The number of rotatable bonds is 12. The topological polar surface area (TPSA) is 62.7 Å². The average molecular weight is 1570 g/mol. The number of nitrogens with zero attached hydrogens (tertiary/aromatic N) is 2. The molecule has 4 aliphatic rings. The molecule has 1 unspecified atom stereocenters. The molecular weight excluding hydrogens is 1450 g/mol. The maximum atomic E-state index is 5.92. The summed E-state index contributed by atoms with van der Waals surface area (Å²) in [4.78, 5) is 14.6. The van der Waals surface area contributed by atoms with Gasteiger partial charge in [0, 0.05) is 89.4 Å². The summed E-state index contributed by atoms with van der Waals surface area (Å²) in [6.45, 7) is 47.9. The quantitative estimate of drug-likeness (QED) is 0.112. The summed E-state index contributed by atoms with van der Waals surface area (Å²) in [5.74, 6) is 5.98. The lowest BCUT2D eigenvalue weighted by Gasteiger charge is -2.22. The largest absolute Gasteiger partial charge is 0.496 e. The Morgan fingerprint density at radius 3 is 1.44 bits per heavy atom. The number of ether oxygens (including phenoxy) is 4. The Bertz CT molecular complexity index is 4670. The lowest BCUT2D eigenvalue weighted by molar-refractivity contribution is 0.146. The third kappa shape index (κ3) is 21.3. The Labute approximate surface area is 673 Å². The molecule has 572 valence electrons. The minimum atomic E-state index is 0. The van der Waals surface area contributed by atoms with E-state index in [-0.39, 0.29) is 25.7 Å². The third-order valence-electron chi connectivity index (χ3n) is 20.1. The molecule has 0 spiro atoms. The predicted molar refractivity (Wildman–Crippen MR) is 480 cm³/mol. The van der Waals surface area contributed by atoms with Gasteiger partial charge in [0.05, 0.1) is 32.1 Å². The number of allylic oxidation sites excluding steroid dienone is 2. The molecule has 6 heterocycles. The van der Waals surface area contributed by atoms with Crippen molar-refractivity contribution >= 4 is 104 Å². The van der Waals surface area contributed by atoms with E-state index in [1.807, 2.05) is 89.6 Å². The SMILES string of the molecule is C.C.C/C=C/c1cc(OC)c(C)cc1OCC(C)CC.C/C=C/c1sc(C)cc1C.COCCOc1cc(C)sc1C.Cc1ccc2c(c1)C(C)(C)c1cc(-c3ccc(C)c4nsnc34)ccc1-2.Cc1ccc2c(c1)C(C)(C)c1cc(C)ccc1-2.Cc1sc(C)c2c1CCCC2.Cc1sc(C)c2c1SCCS2. The van der Waals surface area contributed by atoms with Crippen LogP contribution in [-0.4, -0.2) is 54.3 Å². The van der Waals surface area contributed by atoms with E-state index in [4.69, 9.17) is 18.9 Å². The molecule has 13 heteroatoms. The smallest absolute Gasteiger partial charge is 0.133 e. The molecule has 0 saturated carbocycles. The fraction of sp³-hybridized carbons (Fsp3) is 0.404. The van der Waals surface area contributed by atoms with E-state index in [2.05, 4.69) is 256 Å². The van der Waals surface area contributed by atoms with Crippen LogP contribution < -0.4 is 14.2 Å². The zero-order valence-corrected chi connectivity index (χ0v) is 72.5. The van der Waals surface area contributed by atoms with Crippen LogP contribution in [0.3, 0.4) is 0 Å². The Kier molecular flexibility index (Phi) is 32.7. The number of benzene rings is 6. The van der Waals surface area contributed by atoms with Crippen LogP contribution in [0.25, 0.3) is 56.6 Å². The lowest BCUT2D eigenvalue weighted by atomic mass is 9.81. The van der Waals surface area contributed by atoms with Gasteiger partial charge < -0.3 is 18.9 Å². The van der Waals surface area contributed by atoms with Gasteiger partial charge in [0.1, 0.15) is 34.9 Å². The molecule has 0 amide bonds. The highest BCUT2D eigenvalue weighted by Gasteiger charge is 2.37. The molecule has 5 aromatic heterocycles. The van der Waals surface area contributed by atoms with E-state index in [1.54, 1.807) is 56.2 Å². The molecule has 0 N–H and O–H groups in total. The standard InChI is InChI=1S/C23H20N2S.C17H18.C16H24O2.C10H14S.C9H14O2S.C9H12S.C8H10S3.2CH4/c1-13-5-8-17-18-10-7-15(12-20(18)23(3,4)19(17)11-13)16-9-6-14(2)21-22(16)25-26-24-21;1-11-5-7-13-14-8-6-12(2)10-16(14)17(3,4)15(13)9-11;1-6-8-14-10-15(17-5)13(4)9-16(14)18-11-12(3)7-2;1-7-9-5-3-4-6-10(9)8(2)11-7;1-7-6-9(8(2)12-7)11-5-4-10-3;1-4-5-9-7(2)6-8(3)10-9;1-5-7-8(6(2)11-5)10-4-3-9-7;;/h5-12H,1-4H3;5-10H,1-4H3;6,8-10,12H,7,11H2,1-5H3;3-6H2,1-2H3;6H,4-5H2,1-3H3;4-6H,1-3H3;3-4H2,1-2H3;2*1H4/b;;8-6+;;;5-4+;;;. The van der Waals surface area contributed by atoms with Crippen LogP contribution in [0.2, 0.25) is 0 Å². The number of fused-ring (bicyclic) bond motifs is 9. The Balaban J connectivity index is 0.000000178. The van der Waals surface area contributed by atoms with Gasteiger partial charge >= 0.3 is 0 Å². The molecule has 1 aliphatic heterocycles. The molecule has 6 nitrogen and oxygen atoms in total. The summed E-state index contributed by atoms with van der Waals surface area (Å²) in [7, 11) is 3.37. The van der Waals surface area contributed by atoms with Crippen LogP contribution in [0, 0.1) is 95.9 Å². The second-order valence-electron chi connectivity index (χ2n) is 29.2. The fourth-order valence-corrected chi connectivity index (χ4v) is 21.8. The number of thiophene rings is 4. The Morgan fingerprint density at radius 1 is 0.467 bits per heavy atom. The van der Waals surface area contributed by atoms with Crippen LogP contribution in [0.1, 0.15) is 201 Å². The second kappa shape index (κ2) is 39.9. The third-order valence-corrected chi connectivity index (χ3v) is 27.9. The summed E-state index contributed by atoms with van der Waals surface area (Å²) in [6.07, 6.45) is 14.9. The van der Waals surface area contributed by atoms with E-state index in [1.165, 1.54) is 162 Å². The first-order chi connectivity index (χ1) is 50.1. The van der Waals surface area contributed by atoms with E-state index in [9.17, 15) is 0 Å². The van der Waals surface area contributed by atoms with Gasteiger partial charge in [-0.15, -0.1) is 68.9 Å². The Hall–Kier alpha value is -6.52. The van der Waals surface area contributed by atoms with Crippen molar-refractivity contribution < 1.29 is 18.9 Å². The summed E-state index contributed by atoms with van der Waals surface area (Å²) < 4.78 is 30.7. The normalized spacial score (nSPS) is 13.7. The molecule has 6 aromatic carbocycles. The van der Waals surface area contributed by atoms with Crippen molar-refractivity contribution in [2.75, 3.05) is 45.5 Å². The number of aryl methyl sites for hydroxylation is 13. The first-order valence-corrected chi connectivity index (χ1v) is 43.1. The number of thioether (sulfide) groups is 2. The van der Waals surface area contributed by atoms with Gasteiger partial charge in [-0.25, -0.2) is 0 Å². The van der Waals surface area contributed by atoms with Crippen molar-refractivity contribution in [2.24, 2.45) is 5.92 Å². The maximum absolute atomic E-state index is 5.92. The highest BCUT2D eigenvalue weighted by atomic mass is 32.2. The molecule has 107 heavy (non-hydrogen) atoms. The van der Waals surface area contributed by atoms with Crippen LogP contribution in [0.4, 0.5) is 0 Å². The Morgan fingerprint density at radius 2 is 0.963 bits per heavy atom. The minimum absolute atomic E-state index is 0. The number of hydrogen-bond acceptors (Lipinski definition) is 13. The second-order valence-corrected chi connectivity index (χ2v) is 37.5. The number of aromatic nitrogens is 2. The molecule has 0 saturated heterocycles. The van der Waals surface area contributed by atoms with Crippen molar-refractivity contribution in [3.63, 3.8) is 0 Å². The minimum Gasteiger partial charge on any atom is -0.496 e. The molecule has 3 aliphatic carbocycles. The van der Waals surface area contributed by atoms with E-state index in [0.717, 1.165) is 52.4 Å². The van der Waals surface area contributed by atoms with Crippen molar-refractivity contribution in [3.05, 3.63) is 233 Å². The highest BCUT2D eigenvalue weighted by molar-refractivity contribution is 8.06. The maximum Gasteiger partial charge on any atom is 0.133 e.